The lowest BCUT2D eigenvalue weighted by atomic mass is 9.85. The molecule has 1 fully saturated rings. The Balaban J connectivity index is 2.19. The molecular formula is C14H21N. The minimum atomic E-state index is 0.700. The maximum atomic E-state index is 3.58. The van der Waals surface area contributed by atoms with Gasteiger partial charge in [-0.25, -0.2) is 0 Å². The third-order valence-corrected chi connectivity index (χ3v) is 3.75. The van der Waals surface area contributed by atoms with Crippen LogP contribution in [0.15, 0.2) is 18.2 Å². The van der Waals surface area contributed by atoms with E-state index >= 15 is 0 Å². The molecule has 1 heterocycles. The lowest BCUT2D eigenvalue weighted by Crippen LogP contribution is -2.36. The maximum absolute atomic E-state index is 3.58. The van der Waals surface area contributed by atoms with Gasteiger partial charge in [-0.3, -0.25) is 0 Å². The van der Waals surface area contributed by atoms with E-state index < -0.39 is 0 Å². The molecule has 15 heavy (non-hydrogen) atoms. The van der Waals surface area contributed by atoms with E-state index in [0.29, 0.717) is 6.04 Å². The van der Waals surface area contributed by atoms with E-state index in [0.717, 1.165) is 12.5 Å². The van der Waals surface area contributed by atoms with Crippen LogP contribution in [-0.2, 0) is 0 Å². The quantitative estimate of drug-likeness (QED) is 0.739. The average molecular weight is 203 g/mol. The zero-order valence-electron chi connectivity index (χ0n) is 10.0. The lowest BCUT2D eigenvalue weighted by Gasteiger charge is -2.29. The Hall–Kier alpha value is -0.820. The molecule has 1 aliphatic heterocycles. The first kappa shape index (κ1) is 10.7. The predicted octanol–water partition coefficient (Wildman–Crippen LogP) is 3.16. The van der Waals surface area contributed by atoms with Gasteiger partial charge in [0.2, 0.25) is 0 Å². The Morgan fingerprint density at radius 1 is 1.20 bits per heavy atom. The number of hydrogen-bond acceptors (Lipinski definition) is 1. The normalized spacial score (nSPS) is 26.6. The Morgan fingerprint density at radius 3 is 2.67 bits per heavy atom. The van der Waals surface area contributed by atoms with Crippen molar-refractivity contribution in [2.75, 3.05) is 6.54 Å². The molecule has 0 spiro atoms. The van der Waals surface area contributed by atoms with Gasteiger partial charge in [0.1, 0.15) is 0 Å². The number of piperidine rings is 1. The fourth-order valence-corrected chi connectivity index (χ4v) is 2.48. The van der Waals surface area contributed by atoms with E-state index in [9.17, 15) is 0 Å². The molecule has 1 nitrogen and oxygen atoms in total. The van der Waals surface area contributed by atoms with Crippen LogP contribution in [0, 0.1) is 13.8 Å². The van der Waals surface area contributed by atoms with E-state index in [1.165, 1.54) is 24.0 Å². The summed E-state index contributed by atoms with van der Waals surface area (Å²) in [6.07, 6.45) is 2.64. The van der Waals surface area contributed by atoms with Crippen molar-refractivity contribution in [2.45, 2.75) is 45.6 Å². The summed E-state index contributed by atoms with van der Waals surface area (Å²) in [6.45, 7) is 7.88. The van der Waals surface area contributed by atoms with Gasteiger partial charge in [0.15, 0.2) is 0 Å². The summed E-state index contributed by atoms with van der Waals surface area (Å²) in [7, 11) is 0. The summed E-state index contributed by atoms with van der Waals surface area (Å²) in [5.41, 5.74) is 4.46. The molecule has 0 bridgehead atoms. The number of hydrogen-bond donors (Lipinski definition) is 1. The number of aryl methyl sites for hydroxylation is 1. The maximum Gasteiger partial charge on any atom is 0.00391 e. The Labute approximate surface area is 92.9 Å². The van der Waals surface area contributed by atoms with Crippen LogP contribution in [-0.4, -0.2) is 12.6 Å². The van der Waals surface area contributed by atoms with Crippen LogP contribution in [0.3, 0.4) is 0 Å². The molecule has 0 amide bonds. The van der Waals surface area contributed by atoms with Crippen LogP contribution < -0.4 is 5.32 Å². The third kappa shape index (κ3) is 2.23. The zero-order valence-corrected chi connectivity index (χ0v) is 10.0. The number of rotatable bonds is 1. The molecule has 0 saturated carbocycles. The molecule has 0 aliphatic carbocycles. The summed E-state index contributed by atoms with van der Waals surface area (Å²) in [5.74, 6) is 0.723. The van der Waals surface area contributed by atoms with Gasteiger partial charge in [0, 0.05) is 12.6 Å². The van der Waals surface area contributed by atoms with Crippen molar-refractivity contribution in [3.8, 4) is 0 Å². The van der Waals surface area contributed by atoms with E-state index in [2.05, 4.69) is 44.3 Å². The van der Waals surface area contributed by atoms with Gasteiger partial charge in [-0.1, -0.05) is 18.2 Å². The van der Waals surface area contributed by atoms with E-state index in [1.807, 2.05) is 0 Å². The van der Waals surface area contributed by atoms with Gasteiger partial charge >= 0.3 is 0 Å². The van der Waals surface area contributed by atoms with Crippen molar-refractivity contribution in [3.63, 3.8) is 0 Å². The Kier molecular flexibility index (Phi) is 3.11. The molecule has 1 heteroatoms. The van der Waals surface area contributed by atoms with Gasteiger partial charge in [0.25, 0.3) is 0 Å². The second-order valence-electron chi connectivity index (χ2n) is 4.87. The first-order valence-corrected chi connectivity index (χ1v) is 5.98. The van der Waals surface area contributed by atoms with Crippen LogP contribution in [0.4, 0.5) is 0 Å². The van der Waals surface area contributed by atoms with Crippen LogP contribution in [0.2, 0.25) is 0 Å². The van der Waals surface area contributed by atoms with Crippen molar-refractivity contribution in [1.29, 1.82) is 0 Å². The molecule has 0 radical (unpaired) electrons. The standard InChI is InChI=1S/C14H21N/c1-10-5-4-6-14(12(10)3)13-8-7-11(2)15-9-13/h4-6,11,13,15H,7-9H2,1-3H3. The SMILES string of the molecule is Cc1cccc(C2CCC(C)NC2)c1C. The van der Waals surface area contributed by atoms with Crippen molar-refractivity contribution < 1.29 is 0 Å². The van der Waals surface area contributed by atoms with E-state index in [4.69, 9.17) is 0 Å². The van der Waals surface area contributed by atoms with Gasteiger partial charge in [-0.2, -0.15) is 0 Å². The molecule has 2 atom stereocenters. The van der Waals surface area contributed by atoms with Crippen LogP contribution in [0.25, 0.3) is 0 Å². The molecule has 1 aromatic carbocycles. The second-order valence-corrected chi connectivity index (χ2v) is 4.87. The largest absolute Gasteiger partial charge is 0.314 e. The summed E-state index contributed by atoms with van der Waals surface area (Å²) < 4.78 is 0. The van der Waals surface area contributed by atoms with Gasteiger partial charge < -0.3 is 5.32 Å². The summed E-state index contributed by atoms with van der Waals surface area (Å²) in [6, 6.07) is 7.39. The molecule has 2 unspecified atom stereocenters. The van der Waals surface area contributed by atoms with E-state index in [-0.39, 0.29) is 0 Å². The monoisotopic (exact) mass is 203 g/mol. The van der Waals surface area contributed by atoms with Crippen LogP contribution in [0.1, 0.15) is 42.4 Å². The molecule has 1 aliphatic rings. The van der Waals surface area contributed by atoms with Crippen molar-refractivity contribution in [3.05, 3.63) is 34.9 Å². The summed E-state index contributed by atoms with van der Waals surface area (Å²) in [5, 5.41) is 3.58. The second kappa shape index (κ2) is 4.36. The highest BCUT2D eigenvalue weighted by molar-refractivity contribution is 5.36. The van der Waals surface area contributed by atoms with Crippen LogP contribution in [0.5, 0.6) is 0 Å². The van der Waals surface area contributed by atoms with Gasteiger partial charge in [-0.15, -0.1) is 0 Å². The summed E-state index contributed by atoms with van der Waals surface area (Å²) >= 11 is 0. The molecule has 2 rings (SSSR count). The third-order valence-electron chi connectivity index (χ3n) is 3.75. The van der Waals surface area contributed by atoms with Crippen molar-refractivity contribution in [2.24, 2.45) is 0 Å². The zero-order chi connectivity index (χ0) is 10.8. The van der Waals surface area contributed by atoms with Crippen molar-refractivity contribution in [1.82, 2.24) is 5.32 Å². The molecule has 1 aromatic rings. The minimum Gasteiger partial charge on any atom is -0.314 e. The van der Waals surface area contributed by atoms with E-state index in [1.54, 1.807) is 5.56 Å². The topological polar surface area (TPSA) is 12.0 Å². The van der Waals surface area contributed by atoms with Crippen molar-refractivity contribution >= 4 is 0 Å². The fraction of sp³-hybridized carbons (Fsp3) is 0.571. The molecule has 82 valence electrons. The molecule has 1 saturated heterocycles. The van der Waals surface area contributed by atoms with Gasteiger partial charge in [0.05, 0.1) is 0 Å². The number of benzene rings is 1. The van der Waals surface area contributed by atoms with Crippen LogP contribution >= 0.6 is 0 Å². The highest BCUT2D eigenvalue weighted by Crippen LogP contribution is 2.28. The first-order chi connectivity index (χ1) is 7.18. The molecular weight excluding hydrogens is 182 g/mol. The lowest BCUT2D eigenvalue weighted by molar-refractivity contribution is 0.384. The highest BCUT2D eigenvalue weighted by atomic mass is 14.9. The Morgan fingerprint density at radius 2 is 2.00 bits per heavy atom. The average Bonchev–Trinajstić information content (AvgIpc) is 2.24. The first-order valence-electron chi connectivity index (χ1n) is 5.98. The Bertz CT molecular complexity index is 335. The molecule has 0 aromatic heterocycles. The number of nitrogens with one attached hydrogen (secondary N) is 1. The fourth-order valence-electron chi connectivity index (χ4n) is 2.48. The predicted molar refractivity (Wildman–Crippen MR) is 65.4 cm³/mol. The molecule has 1 N–H and O–H groups in total. The smallest absolute Gasteiger partial charge is 0.00391 e. The highest BCUT2D eigenvalue weighted by Gasteiger charge is 2.20. The van der Waals surface area contributed by atoms with Gasteiger partial charge in [-0.05, 0) is 56.2 Å². The summed E-state index contributed by atoms with van der Waals surface area (Å²) in [4.78, 5) is 0. The minimum absolute atomic E-state index is 0.700.